The molecule has 0 radical (unpaired) electrons. The van der Waals surface area contributed by atoms with Crippen molar-refractivity contribution in [3.05, 3.63) is 46.7 Å². The van der Waals surface area contributed by atoms with E-state index in [0.717, 1.165) is 43.9 Å². The predicted octanol–water partition coefficient (Wildman–Crippen LogP) is 1.41. The molecule has 0 aromatic heterocycles. The molecule has 146 valence electrons. The summed E-state index contributed by atoms with van der Waals surface area (Å²) >= 11 is 0. The Bertz CT molecular complexity index is 721. The molecule has 2 aliphatic rings. The van der Waals surface area contributed by atoms with Gasteiger partial charge >= 0.3 is 12.0 Å². The molecule has 0 spiro atoms. The van der Waals surface area contributed by atoms with Gasteiger partial charge in [-0.25, -0.2) is 9.59 Å². The molecule has 1 fully saturated rings. The fourth-order valence-corrected chi connectivity index (χ4v) is 3.59. The highest BCUT2D eigenvalue weighted by Crippen LogP contribution is 2.28. The van der Waals surface area contributed by atoms with Gasteiger partial charge in [-0.1, -0.05) is 36.8 Å². The fraction of sp³-hybridized carbons (Fsp3) is 0.500. The normalized spacial score (nSPS) is 21.6. The SMILES string of the molecule is CCN1CCN(CC2=C(C(=O)OC)C(c3ccc(C)cc3)NC(=O)N2)CC1. The van der Waals surface area contributed by atoms with E-state index in [1.54, 1.807) is 0 Å². The Balaban J connectivity index is 1.89. The molecule has 2 amide bonds. The summed E-state index contributed by atoms with van der Waals surface area (Å²) in [5, 5.41) is 5.70. The molecule has 1 aromatic carbocycles. The van der Waals surface area contributed by atoms with Gasteiger partial charge in [-0.15, -0.1) is 0 Å². The Morgan fingerprint density at radius 2 is 1.78 bits per heavy atom. The highest BCUT2D eigenvalue weighted by Gasteiger charge is 2.34. The number of hydrogen-bond donors (Lipinski definition) is 2. The van der Waals surface area contributed by atoms with Crippen LogP contribution in [-0.4, -0.2) is 68.2 Å². The summed E-state index contributed by atoms with van der Waals surface area (Å²) in [4.78, 5) is 29.5. The van der Waals surface area contributed by atoms with E-state index in [-0.39, 0.29) is 6.03 Å². The molecule has 1 saturated heterocycles. The summed E-state index contributed by atoms with van der Waals surface area (Å²) in [6.45, 7) is 9.53. The standard InChI is InChI=1S/C20H28N4O3/c1-4-23-9-11-24(12-10-23)13-16-17(19(25)27-3)18(22-20(26)21-16)15-7-5-14(2)6-8-15/h5-8,18H,4,9-13H2,1-3H3,(H2,21,22,26). The average molecular weight is 372 g/mol. The molecule has 7 nitrogen and oxygen atoms in total. The van der Waals surface area contributed by atoms with E-state index in [2.05, 4.69) is 27.4 Å². The van der Waals surface area contributed by atoms with Crippen molar-refractivity contribution in [1.82, 2.24) is 20.4 Å². The second kappa shape index (κ2) is 8.54. The van der Waals surface area contributed by atoms with Gasteiger partial charge in [0.25, 0.3) is 0 Å². The van der Waals surface area contributed by atoms with Crippen molar-refractivity contribution in [2.75, 3.05) is 46.4 Å². The van der Waals surface area contributed by atoms with Crippen LogP contribution in [0.5, 0.6) is 0 Å². The van der Waals surface area contributed by atoms with Crippen LogP contribution in [0.1, 0.15) is 24.1 Å². The molecule has 1 aromatic rings. The molecule has 1 unspecified atom stereocenters. The highest BCUT2D eigenvalue weighted by molar-refractivity contribution is 5.95. The quantitative estimate of drug-likeness (QED) is 0.765. The van der Waals surface area contributed by atoms with Crippen LogP contribution < -0.4 is 10.6 Å². The third-order valence-corrected chi connectivity index (χ3v) is 5.26. The van der Waals surface area contributed by atoms with Crippen LogP contribution in [0.2, 0.25) is 0 Å². The number of esters is 1. The first-order valence-electron chi connectivity index (χ1n) is 9.42. The third kappa shape index (κ3) is 4.48. The van der Waals surface area contributed by atoms with Gasteiger partial charge < -0.3 is 20.3 Å². The van der Waals surface area contributed by atoms with E-state index in [0.29, 0.717) is 17.8 Å². The minimum absolute atomic E-state index is 0.296. The average Bonchev–Trinajstić information content (AvgIpc) is 2.68. The maximum atomic E-state index is 12.6. The number of nitrogens with zero attached hydrogens (tertiary/aromatic N) is 2. The summed E-state index contributed by atoms with van der Waals surface area (Å²) in [6.07, 6.45) is 0. The number of ether oxygens (including phenoxy) is 1. The van der Waals surface area contributed by atoms with Gasteiger partial charge in [-0.2, -0.15) is 0 Å². The number of urea groups is 1. The van der Waals surface area contributed by atoms with Gasteiger partial charge in [0.1, 0.15) is 0 Å². The summed E-state index contributed by atoms with van der Waals surface area (Å²) in [5.74, 6) is -0.421. The highest BCUT2D eigenvalue weighted by atomic mass is 16.5. The first-order valence-corrected chi connectivity index (χ1v) is 9.42. The molecule has 0 aliphatic carbocycles. The molecule has 2 N–H and O–H groups in total. The number of likely N-dealkylation sites (N-methyl/N-ethyl adjacent to an activating group) is 1. The third-order valence-electron chi connectivity index (χ3n) is 5.26. The number of hydrogen-bond acceptors (Lipinski definition) is 5. The van der Waals surface area contributed by atoms with E-state index in [1.807, 2.05) is 31.2 Å². The number of rotatable bonds is 5. The van der Waals surface area contributed by atoms with E-state index >= 15 is 0 Å². The summed E-state index contributed by atoms with van der Waals surface area (Å²) in [6, 6.07) is 7.01. The van der Waals surface area contributed by atoms with Gasteiger partial charge in [0.2, 0.25) is 0 Å². The zero-order chi connectivity index (χ0) is 19.4. The Morgan fingerprint density at radius 3 is 2.37 bits per heavy atom. The Kier molecular flexibility index (Phi) is 6.13. The van der Waals surface area contributed by atoms with Crippen molar-refractivity contribution < 1.29 is 14.3 Å². The minimum Gasteiger partial charge on any atom is -0.466 e. The molecule has 0 saturated carbocycles. The number of aryl methyl sites for hydroxylation is 1. The fourth-order valence-electron chi connectivity index (χ4n) is 3.59. The Labute approximate surface area is 160 Å². The number of amides is 2. The van der Waals surface area contributed by atoms with Gasteiger partial charge in [0, 0.05) is 38.4 Å². The molecule has 0 bridgehead atoms. The van der Waals surface area contributed by atoms with Crippen molar-refractivity contribution >= 4 is 12.0 Å². The van der Waals surface area contributed by atoms with Crippen molar-refractivity contribution in [1.29, 1.82) is 0 Å². The Morgan fingerprint density at radius 1 is 1.15 bits per heavy atom. The number of piperazine rings is 1. The largest absolute Gasteiger partial charge is 0.466 e. The lowest BCUT2D eigenvalue weighted by molar-refractivity contribution is -0.136. The second-order valence-corrected chi connectivity index (χ2v) is 7.04. The van der Waals surface area contributed by atoms with Gasteiger partial charge in [-0.3, -0.25) is 4.90 Å². The maximum Gasteiger partial charge on any atom is 0.338 e. The molecule has 27 heavy (non-hydrogen) atoms. The second-order valence-electron chi connectivity index (χ2n) is 7.04. The molecule has 2 aliphatic heterocycles. The summed E-state index contributed by atoms with van der Waals surface area (Å²) in [5.41, 5.74) is 3.08. The van der Waals surface area contributed by atoms with Crippen LogP contribution in [0.15, 0.2) is 35.5 Å². The molecule has 2 heterocycles. The number of carbonyl (C=O) groups is 2. The number of carbonyl (C=O) groups excluding carboxylic acids is 2. The Hall–Kier alpha value is -2.38. The van der Waals surface area contributed by atoms with E-state index < -0.39 is 12.0 Å². The number of benzene rings is 1. The van der Waals surface area contributed by atoms with E-state index in [9.17, 15) is 9.59 Å². The maximum absolute atomic E-state index is 12.6. The van der Waals surface area contributed by atoms with Gasteiger partial charge in [0.15, 0.2) is 0 Å². The lowest BCUT2D eigenvalue weighted by Gasteiger charge is -2.36. The van der Waals surface area contributed by atoms with E-state index in [1.165, 1.54) is 7.11 Å². The van der Waals surface area contributed by atoms with Crippen molar-refractivity contribution in [2.24, 2.45) is 0 Å². The molecule has 1 atom stereocenters. The van der Waals surface area contributed by atoms with Crippen LogP contribution in [0.25, 0.3) is 0 Å². The summed E-state index contributed by atoms with van der Waals surface area (Å²) < 4.78 is 5.04. The summed E-state index contributed by atoms with van der Waals surface area (Å²) in [7, 11) is 1.37. The van der Waals surface area contributed by atoms with Gasteiger partial charge in [-0.05, 0) is 19.0 Å². The lowest BCUT2D eigenvalue weighted by atomic mass is 9.94. The smallest absolute Gasteiger partial charge is 0.338 e. The monoisotopic (exact) mass is 372 g/mol. The minimum atomic E-state index is -0.515. The van der Waals surface area contributed by atoms with Crippen molar-refractivity contribution in [2.45, 2.75) is 19.9 Å². The molecule has 3 rings (SSSR count). The van der Waals surface area contributed by atoms with Crippen molar-refractivity contribution in [3.63, 3.8) is 0 Å². The number of nitrogens with one attached hydrogen (secondary N) is 2. The van der Waals surface area contributed by atoms with Gasteiger partial charge in [0.05, 0.1) is 18.7 Å². The van der Waals surface area contributed by atoms with Crippen LogP contribution in [0, 0.1) is 6.92 Å². The van der Waals surface area contributed by atoms with E-state index in [4.69, 9.17) is 4.74 Å². The molecule has 7 heteroatoms. The van der Waals surface area contributed by atoms with Crippen LogP contribution in [0.3, 0.4) is 0 Å². The first kappa shape index (κ1) is 19.4. The van der Waals surface area contributed by atoms with Crippen LogP contribution in [0.4, 0.5) is 4.79 Å². The molecular weight excluding hydrogens is 344 g/mol. The topological polar surface area (TPSA) is 73.9 Å². The van der Waals surface area contributed by atoms with Crippen molar-refractivity contribution in [3.8, 4) is 0 Å². The van der Waals surface area contributed by atoms with Crippen LogP contribution in [-0.2, 0) is 9.53 Å². The predicted molar refractivity (Wildman–Crippen MR) is 103 cm³/mol. The first-order chi connectivity index (χ1) is 13.0. The zero-order valence-electron chi connectivity index (χ0n) is 16.2. The number of methoxy groups -OCH3 is 1. The zero-order valence-corrected chi connectivity index (χ0v) is 16.2. The molecular formula is C20H28N4O3. The van der Waals surface area contributed by atoms with Crippen LogP contribution >= 0.6 is 0 Å². The lowest BCUT2D eigenvalue weighted by Crippen LogP contribution is -2.51.